The summed E-state index contributed by atoms with van der Waals surface area (Å²) in [6, 6.07) is 11.3. The van der Waals surface area contributed by atoms with Crippen molar-refractivity contribution in [2.45, 2.75) is 97.3 Å². The zero-order valence-corrected chi connectivity index (χ0v) is 21.4. The number of aromatic nitrogens is 3. The molecule has 0 radical (unpaired) electrons. The second-order valence-electron chi connectivity index (χ2n) is 13.2. The van der Waals surface area contributed by atoms with E-state index in [-0.39, 0.29) is 21.7 Å². The summed E-state index contributed by atoms with van der Waals surface area (Å²) in [7, 11) is 0. The smallest absolute Gasteiger partial charge is 0.149 e. The summed E-state index contributed by atoms with van der Waals surface area (Å²) < 4.78 is 2.36. The molecule has 4 aromatic rings. The van der Waals surface area contributed by atoms with Gasteiger partial charge in [-0.1, -0.05) is 81.4 Å². The van der Waals surface area contributed by atoms with Gasteiger partial charge < -0.3 is 0 Å². The van der Waals surface area contributed by atoms with Crippen molar-refractivity contribution >= 4 is 27.6 Å². The van der Waals surface area contributed by atoms with E-state index in [4.69, 9.17) is 9.97 Å². The predicted molar refractivity (Wildman–Crippen MR) is 136 cm³/mol. The Morgan fingerprint density at radius 1 is 0.781 bits per heavy atom. The van der Waals surface area contributed by atoms with E-state index in [1.165, 1.54) is 27.6 Å². The van der Waals surface area contributed by atoms with Gasteiger partial charge in [-0.3, -0.25) is 4.40 Å². The number of imidazole rings is 1. The molecular formula is C29H37N3. The molecule has 0 bridgehead atoms. The van der Waals surface area contributed by atoms with E-state index in [1.807, 2.05) is 0 Å². The third kappa shape index (κ3) is 2.93. The quantitative estimate of drug-likeness (QED) is 0.289. The van der Waals surface area contributed by atoms with Crippen molar-refractivity contribution in [3.8, 4) is 0 Å². The van der Waals surface area contributed by atoms with Gasteiger partial charge >= 0.3 is 0 Å². The summed E-state index contributed by atoms with van der Waals surface area (Å²) in [6.07, 6.45) is 1.16. The monoisotopic (exact) mass is 427 g/mol. The van der Waals surface area contributed by atoms with Crippen molar-refractivity contribution in [1.82, 2.24) is 14.4 Å². The topological polar surface area (TPSA) is 30.2 Å². The second-order valence-corrected chi connectivity index (χ2v) is 13.2. The highest BCUT2D eigenvalue weighted by Gasteiger charge is 2.42. The maximum absolute atomic E-state index is 5.31. The normalized spacial score (nSPS) is 18.1. The average Bonchev–Trinajstić information content (AvgIpc) is 3.09. The molecule has 168 valence electrons. The second kappa shape index (κ2) is 6.12. The fraction of sp³-hybridized carbons (Fsp3) is 0.517. The molecule has 3 heteroatoms. The molecule has 1 aliphatic rings. The Balaban J connectivity index is 2.03. The molecule has 0 saturated heterocycles. The van der Waals surface area contributed by atoms with Gasteiger partial charge in [0.15, 0.2) is 0 Å². The van der Waals surface area contributed by atoms with E-state index in [1.54, 1.807) is 0 Å². The minimum absolute atomic E-state index is 0.00873. The van der Waals surface area contributed by atoms with Crippen LogP contribution in [0, 0.1) is 0 Å². The summed E-state index contributed by atoms with van der Waals surface area (Å²) >= 11 is 0. The lowest BCUT2D eigenvalue weighted by Crippen LogP contribution is -2.20. The summed E-state index contributed by atoms with van der Waals surface area (Å²) in [5.74, 6) is 1.07. The molecule has 0 fully saturated rings. The van der Waals surface area contributed by atoms with Crippen molar-refractivity contribution in [3.63, 3.8) is 0 Å². The van der Waals surface area contributed by atoms with E-state index in [2.05, 4.69) is 104 Å². The largest absolute Gasteiger partial charge is 0.279 e. The van der Waals surface area contributed by atoms with Crippen LogP contribution in [0.3, 0.4) is 0 Å². The van der Waals surface area contributed by atoms with Crippen LogP contribution >= 0.6 is 0 Å². The maximum Gasteiger partial charge on any atom is 0.149 e. The maximum atomic E-state index is 5.31. The first-order valence-corrected chi connectivity index (χ1v) is 11.9. The van der Waals surface area contributed by atoms with Gasteiger partial charge in [-0.15, -0.1) is 0 Å². The van der Waals surface area contributed by atoms with Gasteiger partial charge in [0.1, 0.15) is 11.5 Å². The van der Waals surface area contributed by atoms with E-state index >= 15 is 0 Å². The Morgan fingerprint density at radius 3 is 2.00 bits per heavy atom. The Hall–Kier alpha value is -2.42. The number of hydrogen-bond donors (Lipinski definition) is 0. The van der Waals surface area contributed by atoms with Crippen LogP contribution in [0.25, 0.3) is 27.6 Å². The van der Waals surface area contributed by atoms with Gasteiger partial charge in [-0.2, -0.15) is 0 Å². The average molecular weight is 428 g/mol. The van der Waals surface area contributed by atoms with Crippen LogP contribution in [0.5, 0.6) is 0 Å². The Morgan fingerprint density at radius 2 is 1.41 bits per heavy atom. The molecular weight excluding hydrogens is 390 g/mol. The number of fused-ring (bicyclic) bond motifs is 6. The molecule has 32 heavy (non-hydrogen) atoms. The number of hydrogen-bond acceptors (Lipinski definition) is 2. The van der Waals surface area contributed by atoms with E-state index in [0.29, 0.717) is 0 Å². The van der Waals surface area contributed by atoms with Crippen molar-refractivity contribution in [2.75, 3.05) is 0 Å². The Kier molecular flexibility index (Phi) is 4.10. The first kappa shape index (κ1) is 21.4. The van der Waals surface area contributed by atoms with Crippen LogP contribution in [0.15, 0.2) is 30.3 Å². The van der Waals surface area contributed by atoms with Gasteiger partial charge in [-0.25, -0.2) is 9.97 Å². The van der Waals surface area contributed by atoms with Crippen molar-refractivity contribution in [2.24, 2.45) is 0 Å². The summed E-state index contributed by atoms with van der Waals surface area (Å²) in [5.41, 5.74) is 8.78. The molecule has 0 amide bonds. The van der Waals surface area contributed by atoms with E-state index in [9.17, 15) is 0 Å². The molecule has 2 aromatic carbocycles. The molecule has 2 heterocycles. The van der Waals surface area contributed by atoms with E-state index < -0.39 is 0 Å². The van der Waals surface area contributed by atoms with Crippen molar-refractivity contribution < 1.29 is 0 Å². The zero-order chi connectivity index (χ0) is 23.4. The lowest BCUT2D eigenvalue weighted by atomic mass is 9.82. The lowest BCUT2D eigenvalue weighted by Gasteiger charge is -2.25. The van der Waals surface area contributed by atoms with Crippen LogP contribution in [0.4, 0.5) is 0 Å². The first-order valence-electron chi connectivity index (χ1n) is 11.9. The molecule has 5 rings (SSSR count). The van der Waals surface area contributed by atoms with Crippen molar-refractivity contribution in [1.29, 1.82) is 0 Å². The third-order valence-electron chi connectivity index (χ3n) is 7.32. The molecule has 3 nitrogen and oxygen atoms in total. The third-order valence-corrected chi connectivity index (χ3v) is 7.32. The zero-order valence-electron chi connectivity index (χ0n) is 21.4. The van der Waals surface area contributed by atoms with Gasteiger partial charge in [0.05, 0.1) is 16.6 Å². The fourth-order valence-corrected chi connectivity index (χ4v) is 6.08. The van der Waals surface area contributed by atoms with Crippen LogP contribution in [-0.4, -0.2) is 14.4 Å². The molecule has 1 aliphatic carbocycles. The lowest BCUT2D eigenvalue weighted by molar-refractivity contribution is 0.403. The Labute approximate surface area is 192 Å². The highest BCUT2D eigenvalue weighted by atomic mass is 15.1. The first-order chi connectivity index (χ1) is 14.6. The van der Waals surface area contributed by atoms with Crippen LogP contribution in [-0.2, 0) is 21.7 Å². The molecule has 0 spiro atoms. The predicted octanol–water partition coefficient (Wildman–Crippen LogP) is 7.59. The van der Waals surface area contributed by atoms with Gasteiger partial charge in [0.25, 0.3) is 0 Å². The molecule has 2 aromatic heterocycles. The number of rotatable bonds is 0. The molecule has 0 N–H and O–H groups in total. The Bertz CT molecular complexity index is 1400. The fourth-order valence-electron chi connectivity index (χ4n) is 6.08. The molecule has 0 aliphatic heterocycles. The highest BCUT2D eigenvalue weighted by Crippen LogP contribution is 2.50. The van der Waals surface area contributed by atoms with E-state index in [0.717, 1.165) is 28.9 Å². The summed E-state index contributed by atoms with van der Waals surface area (Å²) in [4.78, 5) is 10.6. The van der Waals surface area contributed by atoms with Crippen molar-refractivity contribution in [3.05, 3.63) is 52.8 Å². The standard InChI is InChI=1S/C29H37N3/c1-26(2,3)17-12-11-13-20-23(17)24-30-21-14-18-19(29(9,10)16-28(18,7)8)15-22(21)32(24)25(31-20)27(4,5)6/h11-15H,16H2,1-10H3. The highest BCUT2D eigenvalue weighted by molar-refractivity contribution is 5.99. The number of nitrogens with zero attached hydrogens (tertiary/aromatic N) is 3. The van der Waals surface area contributed by atoms with Crippen LogP contribution in [0.1, 0.15) is 98.2 Å². The summed E-state index contributed by atoms with van der Waals surface area (Å²) in [6.45, 7) is 23.1. The van der Waals surface area contributed by atoms with Crippen LogP contribution < -0.4 is 0 Å². The van der Waals surface area contributed by atoms with Gasteiger partial charge in [-0.05, 0) is 57.6 Å². The van der Waals surface area contributed by atoms with Crippen LogP contribution in [0.2, 0.25) is 0 Å². The molecule has 0 unspecified atom stereocenters. The molecule has 0 atom stereocenters. The SMILES string of the molecule is CC(C)(C)c1cccc2nc(C(C)(C)C)n3c4cc5c(cc4nc3c12)C(C)(C)CC5(C)C. The van der Waals surface area contributed by atoms with Gasteiger partial charge in [0, 0.05) is 10.8 Å². The molecule has 0 saturated carbocycles. The minimum Gasteiger partial charge on any atom is -0.279 e. The number of benzene rings is 2. The minimum atomic E-state index is -0.106. The van der Waals surface area contributed by atoms with Gasteiger partial charge in [0.2, 0.25) is 0 Å². The summed E-state index contributed by atoms with van der Waals surface area (Å²) in [5, 5.41) is 1.18.